The van der Waals surface area contributed by atoms with Crippen molar-refractivity contribution in [2.75, 3.05) is 25.5 Å². The summed E-state index contributed by atoms with van der Waals surface area (Å²) in [6.45, 7) is 2.40. The van der Waals surface area contributed by atoms with Crippen LogP contribution >= 0.6 is 0 Å². The van der Waals surface area contributed by atoms with E-state index in [9.17, 15) is 9.59 Å². The smallest absolute Gasteiger partial charge is 0.321 e. The van der Waals surface area contributed by atoms with Gasteiger partial charge in [-0.3, -0.25) is 10.1 Å². The molecule has 0 aliphatic heterocycles. The molecule has 0 radical (unpaired) electrons. The molecule has 0 aromatic carbocycles. The first-order chi connectivity index (χ1) is 8.52. The summed E-state index contributed by atoms with van der Waals surface area (Å²) in [5.74, 6) is -0.344. The summed E-state index contributed by atoms with van der Waals surface area (Å²) in [6, 6.07) is 3.34. The second-order valence-corrected chi connectivity index (χ2v) is 4.03. The van der Waals surface area contributed by atoms with E-state index in [-0.39, 0.29) is 12.5 Å². The van der Waals surface area contributed by atoms with E-state index in [0.717, 1.165) is 5.69 Å². The van der Waals surface area contributed by atoms with E-state index >= 15 is 0 Å². The molecule has 0 atom stereocenters. The average molecular weight is 251 g/mol. The lowest BCUT2D eigenvalue weighted by atomic mass is 10.4. The van der Waals surface area contributed by atoms with Crippen LogP contribution in [0.2, 0.25) is 0 Å². The molecule has 6 nitrogen and oxygen atoms in total. The molecule has 0 saturated carbocycles. The predicted octanol–water partition coefficient (Wildman–Crippen LogP) is -0.114. The third-order valence-electron chi connectivity index (χ3n) is 2.31. The number of anilines is 1. The van der Waals surface area contributed by atoms with E-state index in [1.807, 2.05) is 31.1 Å². The molecule has 0 aliphatic rings. The number of imide groups is 1. The minimum Gasteiger partial charge on any atom is -0.377 e. The second kappa shape index (κ2) is 6.58. The molecular weight excluding hydrogens is 232 g/mol. The fraction of sp³-hybridized carbons (Fsp3) is 0.417. The molecule has 0 bridgehead atoms. The topological polar surface area (TPSA) is 65.3 Å². The standard InChI is InChI=1S/C12H18N4O2/c1-4-13-12(18)14-11(17)9-16-7-5-10(6-8-16)15(2)3/h5-8H,4,9H2,1-3H3,(H-,13,14,17,18)/p+1. The molecule has 98 valence electrons. The van der Waals surface area contributed by atoms with Gasteiger partial charge in [0.2, 0.25) is 6.54 Å². The molecule has 1 aromatic heterocycles. The normalized spacial score (nSPS) is 9.72. The van der Waals surface area contributed by atoms with Crippen molar-refractivity contribution in [3.63, 3.8) is 0 Å². The van der Waals surface area contributed by atoms with E-state index in [1.54, 1.807) is 23.9 Å². The van der Waals surface area contributed by atoms with Gasteiger partial charge in [0, 0.05) is 38.5 Å². The summed E-state index contributed by atoms with van der Waals surface area (Å²) >= 11 is 0. The van der Waals surface area contributed by atoms with Gasteiger partial charge in [-0.25, -0.2) is 4.79 Å². The Morgan fingerprint density at radius 3 is 2.39 bits per heavy atom. The summed E-state index contributed by atoms with van der Waals surface area (Å²) in [6.07, 6.45) is 3.60. The zero-order valence-corrected chi connectivity index (χ0v) is 10.9. The first kappa shape index (κ1) is 14.0. The molecule has 0 saturated heterocycles. The SMILES string of the molecule is CCNC(=O)NC(=O)C[n+]1ccc(N(C)C)cc1. The van der Waals surface area contributed by atoms with Crippen molar-refractivity contribution >= 4 is 17.6 Å². The monoisotopic (exact) mass is 251 g/mol. The van der Waals surface area contributed by atoms with Gasteiger partial charge >= 0.3 is 6.03 Å². The number of nitrogens with zero attached hydrogens (tertiary/aromatic N) is 2. The minimum atomic E-state index is -0.465. The summed E-state index contributed by atoms with van der Waals surface area (Å²) in [4.78, 5) is 24.6. The average Bonchev–Trinajstić information content (AvgIpc) is 2.29. The molecule has 1 rings (SSSR count). The highest BCUT2D eigenvalue weighted by molar-refractivity contribution is 5.93. The van der Waals surface area contributed by atoms with Crippen LogP contribution in [0.1, 0.15) is 6.92 Å². The second-order valence-electron chi connectivity index (χ2n) is 4.03. The van der Waals surface area contributed by atoms with Crippen LogP contribution in [-0.2, 0) is 11.3 Å². The van der Waals surface area contributed by atoms with E-state index in [1.165, 1.54) is 0 Å². The number of hydrogen-bond acceptors (Lipinski definition) is 3. The summed E-state index contributed by atoms with van der Waals surface area (Å²) < 4.78 is 1.71. The Labute approximate surface area is 107 Å². The van der Waals surface area contributed by atoms with Crippen LogP contribution in [0, 0.1) is 0 Å². The highest BCUT2D eigenvalue weighted by Crippen LogP contribution is 2.05. The maximum absolute atomic E-state index is 11.5. The predicted molar refractivity (Wildman–Crippen MR) is 68.2 cm³/mol. The largest absolute Gasteiger partial charge is 0.377 e. The van der Waals surface area contributed by atoms with Gasteiger partial charge in [-0.1, -0.05) is 0 Å². The highest BCUT2D eigenvalue weighted by Gasteiger charge is 2.12. The van der Waals surface area contributed by atoms with Gasteiger partial charge in [0.25, 0.3) is 5.91 Å². The van der Waals surface area contributed by atoms with Crippen molar-refractivity contribution < 1.29 is 14.2 Å². The van der Waals surface area contributed by atoms with Crippen molar-refractivity contribution in [1.29, 1.82) is 0 Å². The zero-order valence-electron chi connectivity index (χ0n) is 10.9. The number of nitrogens with one attached hydrogen (secondary N) is 2. The number of hydrogen-bond donors (Lipinski definition) is 2. The van der Waals surface area contributed by atoms with Gasteiger partial charge < -0.3 is 10.2 Å². The van der Waals surface area contributed by atoms with E-state index in [2.05, 4.69) is 10.6 Å². The number of carbonyl (C=O) groups excluding carboxylic acids is 2. The highest BCUT2D eigenvalue weighted by atomic mass is 16.2. The van der Waals surface area contributed by atoms with E-state index in [4.69, 9.17) is 0 Å². The maximum atomic E-state index is 11.5. The molecule has 0 spiro atoms. The van der Waals surface area contributed by atoms with Gasteiger partial charge in [-0.2, -0.15) is 4.57 Å². The van der Waals surface area contributed by atoms with Gasteiger partial charge in [-0.15, -0.1) is 0 Å². The molecule has 2 N–H and O–H groups in total. The first-order valence-corrected chi connectivity index (χ1v) is 5.77. The van der Waals surface area contributed by atoms with Gasteiger partial charge in [0.1, 0.15) is 0 Å². The van der Waals surface area contributed by atoms with Crippen LogP contribution in [-0.4, -0.2) is 32.6 Å². The van der Waals surface area contributed by atoms with Crippen molar-refractivity contribution in [2.45, 2.75) is 13.5 Å². The number of urea groups is 1. The number of amides is 3. The third kappa shape index (κ3) is 4.40. The molecule has 1 heterocycles. The zero-order chi connectivity index (χ0) is 13.5. The van der Waals surface area contributed by atoms with Crippen molar-refractivity contribution in [3.05, 3.63) is 24.5 Å². The van der Waals surface area contributed by atoms with Crippen LogP contribution in [0.15, 0.2) is 24.5 Å². The lowest BCUT2D eigenvalue weighted by Gasteiger charge is -2.10. The van der Waals surface area contributed by atoms with Gasteiger partial charge in [0.05, 0.1) is 0 Å². The van der Waals surface area contributed by atoms with Crippen LogP contribution in [0.5, 0.6) is 0 Å². The fourth-order valence-electron chi connectivity index (χ4n) is 1.39. The van der Waals surface area contributed by atoms with Gasteiger partial charge in [0.15, 0.2) is 12.4 Å². The molecule has 0 unspecified atom stereocenters. The third-order valence-corrected chi connectivity index (χ3v) is 2.31. The molecule has 6 heteroatoms. The van der Waals surface area contributed by atoms with Crippen LogP contribution < -0.4 is 20.1 Å². The summed E-state index contributed by atoms with van der Waals surface area (Å²) in [5.41, 5.74) is 1.05. The summed E-state index contributed by atoms with van der Waals surface area (Å²) in [5, 5.41) is 4.75. The molecule has 0 fully saturated rings. The van der Waals surface area contributed by atoms with Gasteiger partial charge in [-0.05, 0) is 6.92 Å². The van der Waals surface area contributed by atoms with Crippen molar-refractivity contribution in [1.82, 2.24) is 10.6 Å². The molecule has 18 heavy (non-hydrogen) atoms. The maximum Gasteiger partial charge on any atom is 0.321 e. The fourth-order valence-corrected chi connectivity index (χ4v) is 1.39. The quantitative estimate of drug-likeness (QED) is 0.734. The number of aromatic nitrogens is 1. The van der Waals surface area contributed by atoms with Crippen molar-refractivity contribution in [2.24, 2.45) is 0 Å². The number of pyridine rings is 1. The lowest BCUT2D eigenvalue weighted by molar-refractivity contribution is -0.684. The van der Waals surface area contributed by atoms with Crippen LogP contribution in [0.25, 0.3) is 0 Å². The molecule has 1 aromatic rings. The first-order valence-electron chi connectivity index (χ1n) is 5.77. The number of rotatable bonds is 4. The lowest BCUT2D eigenvalue weighted by Crippen LogP contribution is -2.47. The molecule has 3 amide bonds. The Bertz CT molecular complexity index is 415. The Morgan fingerprint density at radius 2 is 1.89 bits per heavy atom. The Kier molecular flexibility index (Phi) is 5.10. The summed E-state index contributed by atoms with van der Waals surface area (Å²) in [7, 11) is 3.89. The molecular formula is C12H19N4O2+. The Balaban J connectivity index is 2.52. The van der Waals surface area contributed by atoms with Crippen LogP contribution in [0.3, 0.4) is 0 Å². The molecule has 0 aliphatic carbocycles. The Morgan fingerprint density at radius 1 is 1.28 bits per heavy atom. The van der Waals surface area contributed by atoms with Crippen molar-refractivity contribution in [3.8, 4) is 0 Å². The van der Waals surface area contributed by atoms with E-state index < -0.39 is 6.03 Å². The minimum absolute atomic E-state index is 0.116. The Hall–Kier alpha value is -2.11. The van der Waals surface area contributed by atoms with Crippen LogP contribution in [0.4, 0.5) is 10.5 Å². The number of carbonyl (C=O) groups is 2. The van der Waals surface area contributed by atoms with E-state index in [0.29, 0.717) is 6.54 Å².